The Bertz CT molecular complexity index is 478. The highest BCUT2D eigenvalue weighted by atomic mass is 16.5. The molecule has 1 aromatic heterocycles. The number of hydrogen-bond acceptors (Lipinski definition) is 5. The zero-order valence-corrected chi connectivity index (χ0v) is 10.3. The van der Waals surface area contributed by atoms with Gasteiger partial charge in [0.25, 0.3) is 0 Å². The molecule has 0 aromatic carbocycles. The van der Waals surface area contributed by atoms with E-state index in [-0.39, 0.29) is 18.1 Å². The van der Waals surface area contributed by atoms with E-state index in [1.165, 1.54) is 4.68 Å². The predicted molar refractivity (Wildman–Crippen MR) is 63.1 cm³/mol. The van der Waals surface area contributed by atoms with Crippen LogP contribution < -0.4 is 16.3 Å². The van der Waals surface area contributed by atoms with Crippen molar-refractivity contribution < 1.29 is 9.53 Å². The van der Waals surface area contributed by atoms with Crippen LogP contribution >= 0.6 is 0 Å². The number of nitrogens with one attached hydrogen (secondary N) is 2. The van der Waals surface area contributed by atoms with Gasteiger partial charge >= 0.3 is 5.69 Å². The molecular formula is C10H17N5O3. The summed E-state index contributed by atoms with van der Waals surface area (Å²) in [5.41, 5.74) is -0.228. The van der Waals surface area contributed by atoms with Crippen molar-refractivity contribution in [3.8, 4) is 0 Å². The summed E-state index contributed by atoms with van der Waals surface area (Å²) in [7, 11) is 1.56. The third kappa shape index (κ3) is 2.77. The number of fused-ring (bicyclic) bond motifs is 1. The molecule has 0 spiro atoms. The first kappa shape index (κ1) is 12.8. The standard InChI is InChI=1S/C10H17N5O3/c1-18-5-3-12-9(16)7-15-10(17)14-4-2-11-6-8(14)13-15/h11H,2-7H2,1H3,(H,12,16). The molecule has 1 aliphatic heterocycles. The Morgan fingerprint density at radius 2 is 2.44 bits per heavy atom. The first-order valence-corrected chi connectivity index (χ1v) is 5.85. The van der Waals surface area contributed by atoms with E-state index in [4.69, 9.17) is 4.74 Å². The van der Waals surface area contributed by atoms with Crippen molar-refractivity contribution in [2.24, 2.45) is 0 Å². The van der Waals surface area contributed by atoms with Gasteiger partial charge in [-0.2, -0.15) is 5.10 Å². The first-order chi connectivity index (χ1) is 8.72. The number of nitrogens with zero attached hydrogens (tertiary/aromatic N) is 3. The number of carbonyl (C=O) groups excluding carboxylic acids is 1. The van der Waals surface area contributed by atoms with Crippen LogP contribution in [-0.2, 0) is 29.2 Å². The molecule has 1 aliphatic rings. The minimum Gasteiger partial charge on any atom is -0.383 e. The summed E-state index contributed by atoms with van der Waals surface area (Å²) in [6.07, 6.45) is 0. The van der Waals surface area contributed by atoms with Crippen LogP contribution in [0.1, 0.15) is 5.82 Å². The molecule has 0 fully saturated rings. The molecular weight excluding hydrogens is 238 g/mol. The Kier molecular flexibility index (Phi) is 4.11. The average Bonchev–Trinajstić information content (AvgIpc) is 2.67. The molecule has 0 atom stereocenters. The fraction of sp³-hybridized carbons (Fsp3) is 0.700. The van der Waals surface area contributed by atoms with Gasteiger partial charge in [-0.05, 0) is 0 Å². The highest BCUT2D eigenvalue weighted by Gasteiger charge is 2.17. The Balaban J connectivity index is 1.99. The van der Waals surface area contributed by atoms with Crippen molar-refractivity contribution >= 4 is 5.91 Å². The summed E-state index contributed by atoms with van der Waals surface area (Å²) in [5.74, 6) is 0.438. The maximum absolute atomic E-state index is 11.9. The average molecular weight is 255 g/mol. The van der Waals surface area contributed by atoms with Crippen LogP contribution in [0.4, 0.5) is 0 Å². The van der Waals surface area contributed by atoms with Gasteiger partial charge in [-0.3, -0.25) is 9.36 Å². The number of amides is 1. The monoisotopic (exact) mass is 255 g/mol. The lowest BCUT2D eigenvalue weighted by atomic mass is 10.4. The van der Waals surface area contributed by atoms with Crippen LogP contribution in [0.25, 0.3) is 0 Å². The molecule has 100 valence electrons. The molecule has 8 nitrogen and oxygen atoms in total. The second kappa shape index (κ2) is 5.78. The minimum atomic E-state index is -0.238. The van der Waals surface area contributed by atoms with Crippen LogP contribution in [0.5, 0.6) is 0 Å². The molecule has 0 saturated carbocycles. The van der Waals surface area contributed by atoms with Gasteiger partial charge in [0.1, 0.15) is 12.4 Å². The Morgan fingerprint density at radius 1 is 1.61 bits per heavy atom. The lowest BCUT2D eigenvalue weighted by Gasteiger charge is -2.11. The van der Waals surface area contributed by atoms with Gasteiger partial charge in [-0.25, -0.2) is 9.48 Å². The number of hydrogen-bond donors (Lipinski definition) is 2. The molecule has 18 heavy (non-hydrogen) atoms. The second-order valence-corrected chi connectivity index (χ2v) is 4.03. The van der Waals surface area contributed by atoms with Gasteiger partial charge in [0.05, 0.1) is 13.2 Å². The quantitative estimate of drug-likeness (QED) is 0.589. The Morgan fingerprint density at radius 3 is 3.17 bits per heavy atom. The molecule has 0 unspecified atom stereocenters. The number of ether oxygens (including phenoxy) is 1. The highest BCUT2D eigenvalue weighted by Crippen LogP contribution is 1.97. The van der Waals surface area contributed by atoms with E-state index in [1.807, 2.05) is 0 Å². The SMILES string of the molecule is COCCNC(=O)Cn1nc2n(c1=O)CCNC2. The summed E-state index contributed by atoms with van der Waals surface area (Å²) in [6.45, 7) is 2.73. The molecule has 0 saturated heterocycles. The maximum atomic E-state index is 11.9. The van der Waals surface area contributed by atoms with Crippen LogP contribution in [0, 0.1) is 0 Å². The summed E-state index contributed by atoms with van der Waals surface area (Å²) < 4.78 is 7.62. The fourth-order valence-electron chi connectivity index (χ4n) is 1.82. The number of methoxy groups -OCH3 is 1. The maximum Gasteiger partial charge on any atom is 0.346 e. The van der Waals surface area contributed by atoms with Crippen LogP contribution in [0.15, 0.2) is 4.79 Å². The third-order valence-electron chi connectivity index (χ3n) is 2.72. The Hall–Kier alpha value is -1.67. The van der Waals surface area contributed by atoms with Crippen molar-refractivity contribution in [1.82, 2.24) is 25.0 Å². The summed E-state index contributed by atoms with van der Waals surface area (Å²) in [6, 6.07) is 0. The van der Waals surface area contributed by atoms with E-state index < -0.39 is 0 Å². The number of rotatable bonds is 5. The predicted octanol–water partition coefficient (Wildman–Crippen LogP) is -2.09. The van der Waals surface area contributed by atoms with Gasteiger partial charge < -0.3 is 15.4 Å². The minimum absolute atomic E-state index is 0.0530. The van der Waals surface area contributed by atoms with Crippen LogP contribution in [0.2, 0.25) is 0 Å². The molecule has 2 N–H and O–H groups in total. The largest absolute Gasteiger partial charge is 0.383 e. The molecule has 2 rings (SSSR count). The van der Waals surface area contributed by atoms with Crippen LogP contribution in [0.3, 0.4) is 0 Å². The smallest absolute Gasteiger partial charge is 0.346 e. The van der Waals surface area contributed by atoms with Gasteiger partial charge in [-0.15, -0.1) is 0 Å². The number of aromatic nitrogens is 3. The van der Waals surface area contributed by atoms with Crippen molar-refractivity contribution in [2.75, 3.05) is 26.8 Å². The van der Waals surface area contributed by atoms with Crippen molar-refractivity contribution in [1.29, 1.82) is 0 Å². The lowest BCUT2D eigenvalue weighted by molar-refractivity contribution is -0.122. The summed E-state index contributed by atoms with van der Waals surface area (Å²) >= 11 is 0. The third-order valence-corrected chi connectivity index (χ3v) is 2.72. The zero-order chi connectivity index (χ0) is 13.0. The van der Waals surface area contributed by atoms with Gasteiger partial charge in [0.15, 0.2) is 0 Å². The number of carbonyl (C=O) groups is 1. The summed E-state index contributed by atoms with van der Waals surface area (Å²) in [5, 5.41) is 9.91. The van der Waals surface area contributed by atoms with E-state index >= 15 is 0 Å². The molecule has 1 aromatic rings. The molecule has 0 bridgehead atoms. The normalized spacial score (nSPS) is 14.3. The molecule has 0 aliphatic carbocycles. The van der Waals surface area contributed by atoms with E-state index in [0.29, 0.717) is 32.1 Å². The van der Waals surface area contributed by atoms with Crippen molar-refractivity contribution in [2.45, 2.75) is 19.6 Å². The van der Waals surface area contributed by atoms with E-state index in [2.05, 4.69) is 15.7 Å². The van der Waals surface area contributed by atoms with E-state index in [9.17, 15) is 9.59 Å². The van der Waals surface area contributed by atoms with Gasteiger partial charge in [0.2, 0.25) is 5.91 Å². The molecule has 1 amide bonds. The van der Waals surface area contributed by atoms with Crippen molar-refractivity contribution in [3.05, 3.63) is 16.3 Å². The zero-order valence-electron chi connectivity index (χ0n) is 10.3. The molecule has 8 heteroatoms. The van der Waals surface area contributed by atoms with Gasteiger partial charge in [-0.1, -0.05) is 0 Å². The topological polar surface area (TPSA) is 90.2 Å². The van der Waals surface area contributed by atoms with E-state index in [1.54, 1.807) is 11.7 Å². The first-order valence-electron chi connectivity index (χ1n) is 5.85. The Labute approximate surface area is 104 Å². The highest BCUT2D eigenvalue weighted by molar-refractivity contribution is 5.75. The molecule has 2 heterocycles. The van der Waals surface area contributed by atoms with E-state index in [0.717, 1.165) is 6.54 Å². The van der Waals surface area contributed by atoms with Crippen molar-refractivity contribution in [3.63, 3.8) is 0 Å². The van der Waals surface area contributed by atoms with Gasteiger partial charge in [0, 0.05) is 26.7 Å². The molecule has 0 radical (unpaired) electrons. The fourth-order valence-corrected chi connectivity index (χ4v) is 1.82. The summed E-state index contributed by atoms with van der Waals surface area (Å²) in [4.78, 5) is 23.5. The lowest BCUT2D eigenvalue weighted by Crippen LogP contribution is -2.37. The second-order valence-electron chi connectivity index (χ2n) is 4.03. The van der Waals surface area contributed by atoms with Crippen LogP contribution in [-0.4, -0.2) is 47.1 Å².